The van der Waals surface area contributed by atoms with E-state index in [1.54, 1.807) is 19.1 Å². The van der Waals surface area contributed by atoms with Gasteiger partial charge in [-0.15, -0.1) is 0 Å². The molecule has 1 saturated heterocycles. The fourth-order valence-electron chi connectivity index (χ4n) is 7.48. The van der Waals surface area contributed by atoms with Gasteiger partial charge < -0.3 is 51.3 Å². The van der Waals surface area contributed by atoms with Crippen molar-refractivity contribution in [2.45, 2.75) is 61.9 Å². The Morgan fingerprint density at radius 1 is 1.00 bits per heavy atom. The largest absolute Gasteiger partial charge is 0.508 e. The van der Waals surface area contributed by atoms with Gasteiger partial charge >= 0.3 is 17.9 Å². The number of carbonyl (C=O) groups excluding carboxylic acids is 3. The lowest BCUT2D eigenvalue weighted by atomic mass is 9.54. The maximum absolute atomic E-state index is 14.0. The Morgan fingerprint density at radius 3 is 2.08 bits per heavy atom. The number of Topliss-reactive ketones (excluding diaryl/α,β-unsaturated/α-hetero) is 2. The number of hydrogen-bond donors (Lipinski definition) is 10. The van der Waals surface area contributed by atoms with Crippen molar-refractivity contribution in [3.05, 3.63) is 46.2 Å². The number of amides is 1. The zero-order chi connectivity index (χ0) is 38.3. The van der Waals surface area contributed by atoms with Crippen LogP contribution < -0.4 is 5.32 Å². The molecular formula is C33H41N3O15. The van der Waals surface area contributed by atoms with Crippen molar-refractivity contribution in [2.75, 3.05) is 33.9 Å². The summed E-state index contributed by atoms with van der Waals surface area (Å²) in [7, 11) is 3.03. The molecule has 0 unspecified atom stereocenters. The van der Waals surface area contributed by atoms with Crippen molar-refractivity contribution < 1.29 is 74.7 Å². The molecule has 1 aromatic carbocycles. The molecule has 2 fully saturated rings. The topological polar surface area (TPSA) is 303 Å². The van der Waals surface area contributed by atoms with Crippen LogP contribution in [0.4, 0.5) is 0 Å². The van der Waals surface area contributed by atoms with Crippen LogP contribution in [0.15, 0.2) is 35.1 Å². The molecule has 1 heterocycles. The number of rotatable bonds is 9. The number of likely N-dealkylation sites (tertiary alicyclic amines) is 1. The van der Waals surface area contributed by atoms with E-state index in [0.717, 1.165) is 25.9 Å². The SMILES string of the molecule is C[C@H]1c2cccc(O)c2C(O)=C2C(=O)[C@]3(O)C(O)=C(C(=O)NCN4CCCC4)C(=O)[C@@H](N(C)C)[C@@H]3[C@@H](O)[C@@H]21.O=C(O)CC(O)(CC(=O)O)C(=O)O. The second-order valence-electron chi connectivity index (χ2n) is 13.4. The Morgan fingerprint density at radius 2 is 1.57 bits per heavy atom. The van der Waals surface area contributed by atoms with E-state index in [-0.39, 0.29) is 23.6 Å². The minimum atomic E-state index is -2.87. The number of aliphatic hydroxyl groups excluding tert-OH is 3. The van der Waals surface area contributed by atoms with Crippen molar-refractivity contribution in [2.24, 2.45) is 11.8 Å². The number of fused-ring (bicyclic) bond motifs is 3. The molecule has 3 aliphatic carbocycles. The highest BCUT2D eigenvalue weighted by molar-refractivity contribution is 6.25. The zero-order valence-corrected chi connectivity index (χ0v) is 27.9. The number of phenolic OH excluding ortho intramolecular Hbond substituents is 1. The molecule has 18 nitrogen and oxygen atoms in total. The van der Waals surface area contributed by atoms with E-state index in [4.69, 9.17) is 20.4 Å². The minimum Gasteiger partial charge on any atom is -0.508 e. The third-order valence-corrected chi connectivity index (χ3v) is 9.92. The maximum atomic E-state index is 14.0. The van der Waals surface area contributed by atoms with Crippen LogP contribution in [0.3, 0.4) is 0 Å². The number of carbonyl (C=O) groups is 6. The van der Waals surface area contributed by atoms with Gasteiger partial charge in [-0.05, 0) is 57.6 Å². The lowest BCUT2D eigenvalue weighted by Gasteiger charge is -2.53. The first-order chi connectivity index (χ1) is 23.7. The van der Waals surface area contributed by atoms with Crippen LogP contribution in [0.1, 0.15) is 49.7 Å². The van der Waals surface area contributed by atoms with Crippen LogP contribution in [-0.2, 0) is 28.8 Å². The van der Waals surface area contributed by atoms with Gasteiger partial charge in [0.1, 0.15) is 22.8 Å². The van der Waals surface area contributed by atoms with Crippen LogP contribution in [0.25, 0.3) is 5.76 Å². The summed E-state index contributed by atoms with van der Waals surface area (Å²) in [6, 6.07) is 3.24. The number of nitrogens with one attached hydrogen (secondary N) is 1. The average Bonchev–Trinajstić information content (AvgIpc) is 3.55. The summed E-state index contributed by atoms with van der Waals surface area (Å²) in [4.78, 5) is 74.7. The Hall–Kier alpha value is -4.88. The number of aromatic hydroxyl groups is 1. The first-order valence-electron chi connectivity index (χ1n) is 16.0. The van der Waals surface area contributed by atoms with Crippen molar-refractivity contribution in [1.82, 2.24) is 15.1 Å². The highest BCUT2D eigenvalue weighted by atomic mass is 16.4. The second-order valence-corrected chi connectivity index (χ2v) is 13.4. The first kappa shape index (κ1) is 38.9. The quantitative estimate of drug-likeness (QED) is 0.136. The first-order valence-corrected chi connectivity index (χ1v) is 16.0. The van der Waals surface area contributed by atoms with Crippen LogP contribution in [-0.4, -0.2) is 148 Å². The maximum Gasteiger partial charge on any atom is 0.336 e. The van der Waals surface area contributed by atoms with E-state index in [1.165, 1.54) is 25.1 Å². The van der Waals surface area contributed by atoms with Crippen LogP contribution in [0.2, 0.25) is 0 Å². The minimum absolute atomic E-state index is 0.00283. The van der Waals surface area contributed by atoms with Gasteiger partial charge in [-0.1, -0.05) is 19.1 Å². The number of nitrogens with zero attached hydrogens (tertiary/aromatic N) is 2. The Kier molecular flexibility index (Phi) is 11.0. The Bertz CT molecular complexity index is 1700. The second kappa shape index (κ2) is 14.4. The van der Waals surface area contributed by atoms with E-state index >= 15 is 0 Å². The fourth-order valence-corrected chi connectivity index (χ4v) is 7.48. The van der Waals surface area contributed by atoms with Gasteiger partial charge in [0.05, 0.1) is 43.1 Å². The molecule has 1 amide bonds. The highest BCUT2D eigenvalue weighted by Gasteiger charge is 2.68. The number of benzene rings is 1. The molecule has 0 aromatic heterocycles. The van der Waals surface area contributed by atoms with E-state index in [2.05, 4.69) is 5.32 Å². The number of likely N-dealkylation sites (N-methyl/N-ethyl adjacent to an activating group) is 1. The lowest BCUT2D eigenvalue weighted by molar-refractivity contribution is -0.170. The number of hydrogen-bond acceptors (Lipinski definition) is 14. The number of aliphatic carboxylic acids is 3. The predicted octanol–water partition coefficient (Wildman–Crippen LogP) is -1.07. The third-order valence-electron chi connectivity index (χ3n) is 9.92. The fraction of sp³-hybridized carbons (Fsp3) is 0.515. The summed E-state index contributed by atoms with van der Waals surface area (Å²) in [6.45, 7) is 3.35. The predicted molar refractivity (Wildman–Crippen MR) is 172 cm³/mol. The number of carboxylic acids is 3. The van der Waals surface area contributed by atoms with Crippen LogP contribution in [0, 0.1) is 11.8 Å². The number of ketones is 2. The molecule has 18 heteroatoms. The molecule has 51 heavy (non-hydrogen) atoms. The highest BCUT2D eigenvalue weighted by Crippen LogP contribution is 2.56. The van der Waals surface area contributed by atoms with Crippen LogP contribution >= 0.6 is 0 Å². The van der Waals surface area contributed by atoms with Gasteiger partial charge in [0, 0.05) is 11.5 Å². The molecule has 0 radical (unpaired) electrons. The molecule has 1 aliphatic heterocycles. The van der Waals surface area contributed by atoms with Gasteiger partial charge in [-0.3, -0.25) is 33.8 Å². The molecule has 1 aromatic rings. The van der Waals surface area contributed by atoms with E-state index < -0.39 is 106 Å². The van der Waals surface area contributed by atoms with Crippen molar-refractivity contribution in [3.63, 3.8) is 0 Å². The van der Waals surface area contributed by atoms with E-state index in [9.17, 15) is 54.3 Å². The Labute approximate surface area is 290 Å². The molecule has 0 bridgehead atoms. The van der Waals surface area contributed by atoms with Crippen molar-refractivity contribution in [1.29, 1.82) is 0 Å². The van der Waals surface area contributed by atoms with Crippen molar-refractivity contribution >= 4 is 41.1 Å². The molecule has 4 aliphatic rings. The van der Waals surface area contributed by atoms with Gasteiger partial charge in [-0.25, -0.2) is 4.79 Å². The lowest BCUT2D eigenvalue weighted by Crippen LogP contribution is -2.70. The van der Waals surface area contributed by atoms with Crippen LogP contribution in [0.5, 0.6) is 5.75 Å². The van der Waals surface area contributed by atoms with Gasteiger partial charge in [0.2, 0.25) is 5.78 Å². The molecule has 278 valence electrons. The summed E-state index contributed by atoms with van der Waals surface area (Å²) in [5, 5.41) is 92.8. The summed E-state index contributed by atoms with van der Waals surface area (Å²) >= 11 is 0. The standard InChI is InChI=1S/C27H33N3O8.C6H8O7/c1-12-13-7-6-8-14(31)16(13)21(32)17-15(12)22(33)19-20(29(2)3)23(34)18(25(36)27(19,38)24(17)35)26(37)28-11-30-9-4-5-10-30;7-3(8)1-6(13,5(11)12)2-4(9)10/h6-8,12,15,19-20,22,31-33,36,38H,4-5,9-11H2,1-3H3,(H,28,37);13H,1-2H2,(H,7,8)(H,9,10)(H,11,12)/t12-,15+,19+,20-,22-,27-;/m0./s1. The molecule has 1 saturated carbocycles. The summed E-state index contributed by atoms with van der Waals surface area (Å²) in [5.74, 6) is -13.2. The molecule has 5 rings (SSSR count). The monoisotopic (exact) mass is 719 g/mol. The van der Waals surface area contributed by atoms with E-state index in [0.29, 0.717) is 5.56 Å². The average molecular weight is 720 g/mol. The van der Waals surface area contributed by atoms with Gasteiger partial charge in [0.15, 0.2) is 17.0 Å². The summed E-state index contributed by atoms with van der Waals surface area (Å²) in [6.07, 6.45) is -1.93. The Balaban J connectivity index is 0.000000383. The smallest absolute Gasteiger partial charge is 0.336 e. The number of carboxylic acid groups (broad SMARTS) is 3. The van der Waals surface area contributed by atoms with Crippen molar-refractivity contribution in [3.8, 4) is 5.75 Å². The van der Waals surface area contributed by atoms with Gasteiger partial charge in [-0.2, -0.15) is 0 Å². The summed E-state index contributed by atoms with van der Waals surface area (Å²) in [5.41, 5.74) is -6.25. The molecule has 10 N–H and O–H groups in total. The number of aliphatic hydroxyl groups is 5. The normalized spacial score (nSPS) is 27.6. The number of phenols is 1. The zero-order valence-electron chi connectivity index (χ0n) is 27.9. The molecule has 0 spiro atoms. The molecular weight excluding hydrogens is 678 g/mol. The van der Waals surface area contributed by atoms with E-state index in [1.807, 2.05) is 4.90 Å². The van der Waals surface area contributed by atoms with Gasteiger partial charge in [0.25, 0.3) is 5.91 Å². The summed E-state index contributed by atoms with van der Waals surface area (Å²) < 4.78 is 0. The third kappa shape index (κ3) is 6.79. The molecule has 6 atom stereocenters.